The lowest BCUT2D eigenvalue weighted by atomic mass is 10.0. The molecule has 0 unspecified atom stereocenters. The predicted octanol–water partition coefficient (Wildman–Crippen LogP) is 2.93. The SMILES string of the molecule is O=C1c2ccccc2C(=O)N1CCC(=O)N1CCCc2cc(F)cc(F)c21. The Morgan fingerprint density at radius 1 is 1.04 bits per heavy atom. The Hall–Kier alpha value is -3.09. The summed E-state index contributed by atoms with van der Waals surface area (Å²) in [5, 5.41) is 0. The normalized spacial score (nSPS) is 15.8. The van der Waals surface area contributed by atoms with Crippen molar-refractivity contribution < 1.29 is 23.2 Å². The third-order valence-corrected chi connectivity index (χ3v) is 4.93. The van der Waals surface area contributed by atoms with E-state index in [9.17, 15) is 23.2 Å². The van der Waals surface area contributed by atoms with Crippen LogP contribution in [0.4, 0.5) is 14.5 Å². The van der Waals surface area contributed by atoms with Gasteiger partial charge >= 0.3 is 0 Å². The van der Waals surface area contributed by atoms with E-state index in [-0.39, 0.29) is 18.7 Å². The number of rotatable bonds is 3. The van der Waals surface area contributed by atoms with Gasteiger partial charge in [0.05, 0.1) is 16.8 Å². The Morgan fingerprint density at radius 2 is 1.70 bits per heavy atom. The van der Waals surface area contributed by atoms with Crippen molar-refractivity contribution in [1.29, 1.82) is 0 Å². The maximum atomic E-state index is 14.2. The van der Waals surface area contributed by atoms with Gasteiger partial charge in [0.25, 0.3) is 11.8 Å². The van der Waals surface area contributed by atoms with Crippen molar-refractivity contribution in [1.82, 2.24) is 4.90 Å². The zero-order valence-corrected chi connectivity index (χ0v) is 14.4. The first-order valence-corrected chi connectivity index (χ1v) is 8.71. The van der Waals surface area contributed by atoms with Gasteiger partial charge in [0.1, 0.15) is 11.6 Å². The third kappa shape index (κ3) is 2.89. The minimum absolute atomic E-state index is 0.0835. The van der Waals surface area contributed by atoms with Gasteiger partial charge < -0.3 is 4.90 Å². The summed E-state index contributed by atoms with van der Waals surface area (Å²) in [6.07, 6.45) is 0.961. The van der Waals surface area contributed by atoms with Crippen LogP contribution in [0.25, 0.3) is 0 Å². The van der Waals surface area contributed by atoms with Crippen LogP contribution in [-0.2, 0) is 11.2 Å². The van der Waals surface area contributed by atoms with Crippen molar-refractivity contribution in [3.63, 3.8) is 0 Å². The molecule has 0 saturated carbocycles. The zero-order chi connectivity index (χ0) is 19.1. The standard InChI is InChI=1S/C20H16F2N2O3/c21-13-10-12-4-3-8-23(18(12)16(22)11-13)17(25)7-9-24-19(26)14-5-1-2-6-15(14)20(24)27/h1-2,5-6,10-11H,3-4,7-9H2. The van der Waals surface area contributed by atoms with E-state index < -0.39 is 29.4 Å². The largest absolute Gasteiger partial charge is 0.309 e. The van der Waals surface area contributed by atoms with Gasteiger partial charge in [0, 0.05) is 25.6 Å². The van der Waals surface area contributed by atoms with Gasteiger partial charge in [-0.25, -0.2) is 8.78 Å². The fourth-order valence-corrected chi connectivity index (χ4v) is 3.69. The summed E-state index contributed by atoms with van der Waals surface area (Å²) in [5.41, 5.74) is 1.18. The second kappa shape index (κ2) is 6.57. The number of nitrogens with zero attached hydrogens (tertiary/aromatic N) is 2. The summed E-state index contributed by atoms with van der Waals surface area (Å²) in [6.45, 7) is 0.232. The molecule has 0 bridgehead atoms. The van der Waals surface area contributed by atoms with Crippen LogP contribution in [0.1, 0.15) is 39.1 Å². The molecule has 0 spiro atoms. The molecular weight excluding hydrogens is 354 g/mol. The highest BCUT2D eigenvalue weighted by molar-refractivity contribution is 6.21. The molecule has 0 aromatic heterocycles. The molecule has 0 atom stereocenters. The Balaban J connectivity index is 1.51. The number of carbonyl (C=O) groups excluding carboxylic acids is 3. The van der Waals surface area contributed by atoms with Crippen molar-refractivity contribution in [3.05, 3.63) is 64.7 Å². The minimum Gasteiger partial charge on any atom is -0.309 e. The molecule has 2 heterocycles. The summed E-state index contributed by atoms with van der Waals surface area (Å²) in [7, 11) is 0. The van der Waals surface area contributed by atoms with Crippen molar-refractivity contribution in [3.8, 4) is 0 Å². The van der Waals surface area contributed by atoms with Crippen LogP contribution in [0.5, 0.6) is 0 Å². The molecule has 0 N–H and O–H groups in total. The second-order valence-corrected chi connectivity index (χ2v) is 6.60. The van der Waals surface area contributed by atoms with Crippen LogP contribution in [0.3, 0.4) is 0 Å². The van der Waals surface area contributed by atoms with Crippen LogP contribution in [0.15, 0.2) is 36.4 Å². The van der Waals surface area contributed by atoms with Crippen LogP contribution < -0.4 is 4.90 Å². The summed E-state index contributed by atoms with van der Waals surface area (Å²) < 4.78 is 27.7. The molecule has 138 valence electrons. The topological polar surface area (TPSA) is 57.7 Å². The van der Waals surface area contributed by atoms with Crippen molar-refractivity contribution in [2.24, 2.45) is 0 Å². The van der Waals surface area contributed by atoms with E-state index >= 15 is 0 Å². The molecule has 0 fully saturated rings. The van der Waals surface area contributed by atoms with Crippen LogP contribution in [0, 0.1) is 11.6 Å². The Bertz CT molecular complexity index is 939. The van der Waals surface area contributed by atoms with Crippen LogP contribution in [0.2, 0.25) is 0 Å². The van der Waals surface area contributed by atoms with E-state index in [4.69, 9.17) is 0 Å². The molecule has 3 amide bonds. The first kappa shape index (κ1) is 17.3. The minimum atomic E-state index is -0.779. The van der Waals surface area contributed by atoms with Gasteiger partial charge in [-0.05, 0) is 36.6 Å². The first-order chi connectivity index (χ1) is 13.0. The predicted molar refractivity (Wildman–Crippen MR) is 93.5 cm³/mol. The zero-order valence-electron chi connectivity index (χ0n) is 14.4. The molecule has 2 aliphatic heterocycles. The van der Waals surface area contributed by atoms with E-state index in [2.05, 4.69) is 0 Å². The average molecular weight is 370 g/mol. The number of halogens is 2. The molecule has 0 saturated heterocycles. The van der Waals surface area contributed by atoms with Gasteiger partial charge in [0.15, 0.2) is 0 Å². The molecule has 4 rings (SSSR count). The lowest BCUT2D eigenvalue weighted by molar-refractivity contribution is -0.118. The van der Waals surface area contributed by atoms with Crippen LogP contribution in [-0.4, -0.2) is 35.7 Å². The number of carbonyl (C=O) groups is 3. The van der Waals surface area contributed by atoms with E-state index in [1.54, 1.807) is 24.3 Å². The van der Waals surface area contributed by atoms with Crippen LogP contribution >= 0.6 is 0 Å². The molecule has 0 aliphatic carbocycles. The summed E-state index contributed by atoms with van der Waals surface area (Å²) in [6, 6.07) is 8.48. The first-order valence-electron chi connectivity index (χ1n) is 8.71. The Morgan fingerprint density at radius 3 is 2.37 bits per heavy atom. The number of imide groups is 1. The summed E-state index contributed by atoms with van der Waals surface area (Å²) >= 11 is 0. The fraction of sp³-hybridized carbons (Fsp3) is 0.250. The lowest BCUT2D eigenvalue weighted by Gasteiger charge is -2.30. The van der Waals surface area contributed by atoms with E-state index in [1.165, 1.54) is 11.0 Å². The number of hydrogen-bond donors (Lipinski definition) is 0. The molecule has 5 nitrogen and oxygen atoms in total. The molecule has 27 heavy (non-hydrogen) atoms. The van der Waals surface area contributed by atoms with E-state index in [0.29, 0.717) is 36.1 Å². The highest BCUT2D eigenvalue weighted by Crippen LogP contribution is 2.31. The van der Waals surface area contributed by atoms with Crippen molar-refractivity contribution >= 4 is 23.4 Å². The highest BCUT2D eigenvalue weighted by atomic mass is 19.1. The number of aryl methyl sites for hydroxylation is 1. The number of amides is 3. The van der Waals surface area contributed by atoms with Gasteiger partial charge in [0.2, 0.25) is 5.91 Å². The smallest absolute Gasteiger partial charge is 0.261 e. The van der Waals surface area contributed by atoms with E-state index in [1.807, 2.05) is 0 Å². The van der Waals surface area contributed by atoms with Gasteiger partial charge in [-0.3, -0.25) is 19.3 Å². The molecule has 2 aliphatic rings. The van der Waals surface area contributed by atoms with Gasteiger partial charge in [-0.15, -0.1) is 0 Å². The highest BCUT2D eigenvalue weighted by Gasteiger charge is 2.36. The number of fused-ring (bicyclic) bond motifs is 2. The quantitative estimate of drug-likeness (QED) is 0.781. The second-order valence-electron chi connectivity index (χ2n) is 6.60. The van der Waals surface area contributed by atoms with E-state index in [0.717, 1.165) is 11.0 Å². The number of benzene rings is 2. The Labute approximate surface area is 154 Å². The van der Waals surface area contributed by atoms with Gasteiger partial charge in [-0.1, -0.05) is 12.1 Å². The van der Waals surface area contributed by atoms with Gasteiger partial charge in [-0.2, -0.15) is 0 Å². The number of hydrogen-bond acceptors (Lipinski definition) is 3. The average Bonchev–Trinajstić information content (AvgIpc) is 2.90. The maximum Gasteiger partial charge on any atom is 0.261 e. The number of anilines is 1. The summed E-state index contributed by atoms with van der Waals surface area (Å²) in [4.78, 5) is 39.7. The lowest BCUT2D eigenvalue weighted by Crippen LogP contribution is -2.39. The summed E-state index contributed by atoms with van der Waals surface area (Å²) in [5.74, 6) is -2.73. The van der Waals surface area contributed by atoms with Crippen molar-refractivity contribution in [2.75, 3.05) is 18.0 Å². The molecule has 2 aromatic rings. The maximum absolute atomic E-state index is 14.2. The third-order valence-electron chi connectivity index (χ3n) is 4.93. The van der Waals surface area contributed by atoms with Crippen molar-refractivity contribution in [2.45, 2.75) is 19.3 Å². The molecule has 7 heteroatoms. The molecule has 0 radical (unpaired) electrons. The monoisotopic (exact) mass is 370 g/mol. The fourth-order valence-electron chi connectivity index (χ4n) is 3.69. The molecule has 2 aromatic carbocycles. The molecular formula is C20H16F2N2O3. The Kier molecular flexibility index (Phi) is 4.22.